The average molecular weight is 643 g/mol. The van der Waals surface area contributed by atoms with Gasteiger partial charge in [-0.25, -0.2) is 27.5 Å². The summed E-state index contributed by atoms with van der Waals surface area (Å²) in [7, 11) is -3.02. The van der Waals surface area contributed by atoms with Gasteiger partial charge in [0, 0.05) is 29.1 Å². The second kappa shape index (κ2) is 13.2. The zero-order valence-corrected chi connectivity index (χ0v) is 25.3. The van der Waals surface area contributed by atoms with Crippen LogP contribution in [0.5, 0.6) is 5.75 Å². The molecule has 212 valence electrons. The van der Waals surface area contributed by atoms with Crippen LogP contribution >= 0.6 is 46.9 Å². The second-order valence-electron chi connectivity index (χ2n) is 8.45. The number of halogens is 2. The smallest absolute Gasteiger partial charge is 0.246 e. The molecule has 2 N–H and O–H groups in total. The van der Waals surface area contributed by atoms with E-state index in [9.17, 15) is 17.6 Å². The van der Waals surface area contributed by atoms with E-state index >= 15 is 0 Å². The second-order valence-corrected chi connectivity index (χ2v) is 14.1. The van der Waals surface area contributed by atoms with E-state index in [1.807, 2.05) is 6.92 Å². The lowest BCUT2D eigenvalue weighted by Crippen LogP contribution is -2.20. The molecule has 0 aliphatic carbocycles. The summed E-state index contributed by atoms with van der Waals surface area (Å²) < 4.78 is 44.5. The molecule has 2 aromatic heterocycles. The Morgan fingerprint density at radius 3 is 2.80 bits per heavy atom. The normalized spacial score (nSPS) is 11.5. The lowest BCUT2D eigenvalue weighted by atomic mass is 10.1. The Balaban J connectivity index is 1.52. The van der Waals surface area contributed by atoms with Gasteiger partial charge >= 0.3 is 0 Å². The van der Waals surface area contributed by atoms with Gasteiger partial charge in [-0.1, -0.05) is 34.7 Å². The fraction of sp³-hybridized carbons (Fsp3) is 0.292. The quantitative estimate of drug-likeness (QED) is 0.113. The molecule has 40 heavy (non-hydrogen) atoms. The minimum absolute atomic E-state index is 0.0361. The molecule has 0 unspecified atom stereocenters. The standard InChI is InChI=1S/C24H24ClFN6O4S4/c1-3-36-20-11-18-15(22(28-13-27-18)29-14-5-6-17(26)16(25)9-14)10-19(20)30-21(33)12-32-24(37)39-23(31-32)38-7-4-8-40(2,34)35/h5-6,9-11,13H,3-4,7-8,12H2,1-2H3,(H,30,33)(H,27,28,29). The first-order chi connectivity index (χ1) is 19.0. The molecule has 10 nitrogen and oxygen atoms in total. The molecule has 0 saturated heterocycles. The number of hydrogen-bond donors (Lipinski definition) is 2. The maximum atomic E-state index is 13.6. The van der Waals surface area contributed by atoms with Crippen molar-refractivity contribution in [1.29, 1.82) is 0 Å². The summed E-state index contributed by atoms with van der Waals surface area (Å²) in [5, 5.41) is 10.9. The fourth-order valence-corrected chi connectivity index (χ4v) is 6.89. The number of carbonyl (C=O) groups is 1. The summed E-state index contributed by atoms with van der Waals surface area (Å²) in [4.78, 5) is 21.6. The van der Waals surface area contributed by atoms with E-state index in [4.69, 9.17) is 28.6 Å². The number of sulfone groups is 1. The molecule has 0 spiro atoms. The topological polar surface area (TPSA) is 128 Å². The van der Waals surface area contributed by atoms with Gasteiger partial charge in [-0.2, -0.15) is 5.10 Å². The first kappa shape index (κ1) is 30.1. The van der Waals surface area contributed by atoms with Crippen molar-refractivity contribution in [1.82, 2.24) is 19.7 Å². The van der Waals surface area contributed by atoms with Crippen LogP contribution in [0.3, 0.4) is 0 Å². The molecular weight excluding hydrogens is 619 g/mol. The summed E-state index contributed by atoms with van der Waals surface area (Å²) in [5.74, 6) is 0.588. The lowest BCUT2D eigenvalue weighted by molar-refractivity contribution is -0.117. The Morgan fingerprint density at radius 2 is 2.08 bits per heavy atom. The van der Waals surface area contributed by atoms with Gasteiger partial charge < -0.3 is 15.4 Å². The molecule has 2 heterocycles. The van der Waals surface area contributed by atoms with Crippen molar-refractivity contribution < 1.29 is 22.3 Å². The van der Waals surface area contributed by atoms with Gasteiger partial charge in [0.05, 0.1) is 28.6 Å². The monoisotopic (exact) mass is 642 g/mol. The number of nitrogens with one attached hydrogen (secondary N) is 2. The highest BCUT2D eigenvalue weighted by molar-refractivity contribution is 8.01. The van der Waals surface area contributed by atoms with Gasteiger partial charge in [0.2, 0.25) is 5.91 Å². The largest absolute Gasteiger partial charge is 0.492 e. The summed E-state index contributed by atoms with van der Waals surface area (Å²) in [6.45, 7) is 2.05. The summed E-state index contributed by atoms with van der Waals surface area (Å²) >= 11 is 13.9. The molecule has 0 saturated carbocycles. The summed E-state index contributed by atoms with van der Waals surface area (Å²) in [6.07, 6.45) is 3.07. The Labute approximate surface area is 248 Å². The summed E-state index contributed by atoms with van der Waals surface area (Å²) in [6, 6.07) is 7.60. The Kier molecular flexibility index (Phi) is 9.94. The zero-order valence-electron chi connectivity index (χ0n) is 21.3. The Hall–Kier alpha value is -2.85. The van der Waals surface area contributed by atoms with Crippen LogP contribution in [0.1, 0.15) is 13.3 Å². The van der Waals surface area contributed by atoms with Crippen LogP contribution in [0.4, 0.5) is 21.6 Å². The highest BCUT2D eigenvalue weighted by Crippen LogP contribution is 2.34. The molecule has 2 aromatic carbocycles. The van der Waals surface area contributed by atoms with Crippen LogP contribution in [0.15, 0.2) is 41.0 Å². The van der Waals surface area contributed by atoms with Gasteiger partial charge in [-0.3, -0.25) is 4.79 Å². The molecule has 16 heteroatoms. The Bertz CT molecular complexity index is 1710. The van der Waals surface area contributed by atoms with E-state index in [0.29, 0.717) is 60.9 Å². The van der Waals surface area contributed by atoms with E-state index in [0.717, 1.165) is 0 Å². The van der Waals surface area contributed by atoms with E-state index in [-0.39, 0.29) is 23.2 Å². The first-order valence-corrected chi connectivity index (χ1v) is 16.5. The van der Waals surface area contributed by atoms with Crippen molar-refractivity contribution in [3.63, 3.8) is 0 Å². The van der Waals surface area contributed by atoms with E-state index in [2.05, 4.69) is 25.7 Å². The first-order valence-electron chi connectivity index (χ1n) is 11.8. The van der Waals surface area contributed by atoms with Crippen LogP contribution in [-0.4, -0.2) is 58.4 Å². The lowest BCUT2D eigenvalue weighted by Gasteiger charge is -2.15. The molecule has 0 atom stereocenters. The Morgan fingerprint density at radius 1 is 1.27 bits per heavy atom. The van der Waals surface area contributed by atoms with Crippen molar-refractivity contribution in [3.8, 4) is 5.75 Å². The molecule has 0 aliphatic rings. The maximum Gasteiger partial charge on any atom is 0.246 e. The predicted octanol–water partition coefficient (Wildman–Crippen LogP) is 5.72. The van der Waals surface area contributed by atoms with E-state index < -0.39 is 15.7 Å². The number of carbonyl (C=O) groups excluding carboxylic acids is 1. The van der Waals surface area contributed by atoms with Crippen LogP contribution in [0, 0.1) is 9.77 Å². The van der Waals surface area contributed by atoms with E-state index in [1.54, 1.807) is 12.1 Å². The minimum Gasteiger partial charge on any atom is -0.492 e. The molecular formula is C24H24ClFN6O4S4. The molecule has 0 radical (unpaired) electrons. The maximum absolute atomic E-state index is 13.6. The number of nitrogens with zero attached hydrogens (tertiary/aromatic N) is 4. The van der Waals surface area contributed by atoms with Crippen molar-refractivity contribution >= 4 is 90.8 Å². The van der Waals surface area contributed by atoms with Gasteiger partial charge in [-0.15, -0.1) is 0 Å². The molecule has 0 aliphatic heterocycles. The van der Waals surface area contributed by atoms with Crippen LogP contribution < -0.4 is 15.4 Å². The molecule has 4 aromatic rings. The molecule has 0 bridgehead atoms. The number of thioether (sulfide) groups is 1. The predicted molar refractivity (Wildman–Crippen MR) is 160 cm³/mol. The number of amides is 1. The molecule has 0 fully saturated rings. The van der Waals surface area contributed by atoms with Crippen LogP contribution in [0.25, 0.3) is 10.9 Å². The van der Waals surface area contributed by atoms with Gasteiger partial charge in [0.1, 0.15) is 40.1 Å². The third kappa shape index (κ3) is 8.10. The van der Waals surface area contributed by atoms with Crippen molar-refractivity contribution in [2.75, 3.05) is 35.0 Å². The SMILES string of the molecule is CCOc1cc2ncnc(Nc3ccc(F)c(Cl)c3)c2cc1NC(=O)Cn1nc(SCCCS(C)(=O)=O)sc1=S. The highest BCUT2D eigenvalue weighted by Gasteiger charge is 2.16. The van der Waals surface area contributed by atoms with Crippen molar-refractivity contribution in [3.05, 3.63) is 51.5 Å². The molecule has 4 rings (SSSR count). The number of fused-ring (bicyclic) bond motifs is 1. The highest BCUT2D eigenvalue weighted by atomic mass is 35.5. The number of aromatic nitrogens is 4. The number of anilines is 3. The fourth-order valence-electron chi connectivity index (χ4n) is 3.52. The van der Waals surface area contributed by atoms with Crippen molar-refractivity contribution in [2.45, 2.75) is 24.2 Å². The number of rotatable bonds is 12. The number of benzene rings is 2. The van der Waals surface area contributed by atoms with Crippen LogP contribution in [0.2, 0.25) is 5.02 Å². The van der Waals surface area contributed by atoms with Crippen molar-refractivity contribution in [2.24, 2.45) is 0 Å². The minimum atomic E-state index is -3.02. The van der Waals surface area contributed by atoms with E-state index in [1.165, 1.54) is 58.6 Å². The van der Waals surface area contributed by atoms with Gasteiger partial charge in [-0.05, 0) is 49.8 Å². The van der Waals surface area contributed by atoms with Gasteiger partial charge in [0.25, 0.3) is 0 Å². The number of hydrogen-bond acceptors (Lipinski definition) is 11. The third-order valence-corrected chi connectivity index (χ3v) is 9.11. The van der Waals surface area contributed by atoms with Crippen LogP contribution in [-0.2, 0) is 21.2 Å². The zero-order chi connectivity index (χ0) is 28.9. The van der Waals surface area contributed by atoms with Gasteiger partial charge in [0.15, 0.2) is 8.29 Å². The molecule has 1 amide bonds. The number of ether oxygens (including phenoxy) is 1. The average Bonchev–Trinajstić information content (AvgIpc) is 3.23. The third-order valence-electron chi connectivity index (χ3n) is 5.26. The summed E-state index contributed by atoms with van der Waals surface area (Å²) in [5.41, 5.74) is 1.48.